The predicted molar refractivity (Wildman–Crippen MR) is 182 cm³/mol. The largest absolute Gasteiger partial charge is 0.472 e. The average Bonchev–Trinajstić information content (AvgIpc) is 3.79. The monoisotopic (exact) mass is 696 g/mol. The minimum atomic E-state index is -1.68. The number of benzene rings is 1. The zero-order valence-corrected chi connectivity index (χ0v) is 29.9. The van der Waals surface area contributed by atoms with E-state index in [2.05, 4.69) is 15.6 Å². The first-order chi connectivity index (χ1) is 23.5. The molecule has 1 aromatic carbocycles. The van der Waals surface area contributed by atoms with Crippen LogP contribution in [-0.2, 0) is 21.4 Å². The molecule has 0 spiro atoms. The highest BCUT2D eigenvalue weighted by Gasteiger charge is 2.44. The molecular weight excluding hydrogens is 647 g/mol. The Morgan fingerprint density at radius 3 is 2.40 bits per heavy atom. The van der Waals surface area contributed by atoms with Gasteiger partial charge in [0.15, 0.2) is 5.76 Å². The molecule has 0 aliphatic carbocycles. The van der Waals surface area contributed by atoms with E-state index in [0.29, 0.717) is 0 Å². The average molecular weight is 697 g/mol. The highest BCUT2D eigenvalue weighted by molar-refractivity contribution is 5.91. The Hall–Kier alpha value is -4.46. The molecule has 0 unspecified atom stereocenters. The molecule has 3 aromatic rings. The van der Waals surface area contributed by atoms with Crippen molar-refractivity contribution in [2.24, 2.45) is 13.0 Å². The zero-order chi connectivity index (χ0) is 36.4. The summed E-state index contributed by atoms with van der Waals surface area (Å²) in [4.78, 5) is 42.8. The summed E-state index contributed by atoms with van der Waals surface area (Å²) in [5.74, 6) is -1.59. The van der Waals surface area contributed by atoms with Crippen molar-refractivity contribution >= 4 is 17.9 Å². The van der Waals surface area contributed by atoms with Gasteiger partial charge in [0, 0.05) is 58.2 Å². The number of rotatable bonds is 10. The van der Waals surface area contributed by atoms with Crippen LogP contribution in [0.25, 0.3) is 11.3 Å². The number of piperidine rings is 1. The molecule has 2 aliphatic heterocycles. The van der Waals surface area contributed by atoms with Crippen molar-refractivity contribution in [3.8, 4) is 17.1 Å². The number of aliphatic hydroxyl groups is 1. The number of amides is 3. The lowest BCUT2D eigenvalue weighted by Gasteiger charge is -2.36. The number of hydrogen-bond acceptors (Lipinski definition) is 9. The molecule has 2 aromatic heterocycles. The number of alkyl halides is 1. The number of nitrogens with one attached hydrogen (secondary N) is 1. The summed E-state index contributed by atoms with van der Waals surface area (Å²) < 4.78 is 34.0. The van der Waals surface area contributed by atoms with Crippen molar-refractivity contribution in [3.05, 3.63) is 53.9 Å². The summed E-state index contributed by atoms with van der Waals surface area (Å²) in [7, 11) is 1.87. The van der Waals surface area contributed by atoms with Gasteiger partial charge in [-0.05, 0) is 56.0 Å². The van der Waals surface area contributed by atoms with Crippen molar-refractivity contribution in [3.63, 3.8) is 0 Å². The third-order valence-electron chi connectivity index (χ3n) is 9.29. The Morgan fingerprint density at radius 2 is 1.80 bits per heavy atom. The lowest BCUT2D eigenvalue weighted by molar-refractivity contribution is -0.141. The summed E-state index contributed by atoms with van der Waals surface area (Å²) in [5, 5.41) is 21.7. The highest BCUT2D eigenvalue weighted by Crippen LogP contribution is 2.34. The van der Waals surface area contributed by atoms with E-state index in [1.807, 2.05) is 58.2 Å². The van der Waals surface area contributed by atoms with E-state index in [-0.39, 0.29) is 80.9 Å². The number of β-amino-alcohol motifs (C(OH)–C–C–N with tert-alkyl or cyclic N) is 1. The number of likely N-dealkylation sites (tertiary alicyclic amines) is 2. The molecule has 4 heterocycles. The van der Waals surface area contributed by atoms with Gasteiger partial charge in [0.1, 0.15) is 29.8 Å². The van der Waals surface area contributed by atoms with Crippen LogP contribution in [0.3, 0.4) is 0 Å². The van der Waals surface area contributed by atoms with Gasteiger partial charge in [0.2, 0.25) is 11.8 Å². The van der Waals surface area contributed by atoms with Crippen molar-refractivity contribution < 1.29 is 37.9 Å². The van der Waals surface area contributed by atoms with Crippen LogP contribution in [0.5, 0.6) is 5.88 Å². The quantitative estimate of drug-likeness (QED) is 0.305. The summed E-state index contributed by atoms with van der Waals surface area (Å²) in [5.41, 5.74) is 0.526. The van der Waals surface area contributed by atoms with E-state index < -0.39 is 35.4 Å². The Kier molecular flexibility index (Phi) is 10.9. The maximum atomic E-state index is 15.6. The van der Waals surface area contributed by atoms with Gasteiger partial charge < -0.3 is 34.2 Å². The molecule has 2 fully saturated rings. The lowest BCUT2D eigenvalue weighted by Crippen LogP contribution is -2.48. The Balaban J connectivity index is 1.19. The van der Waals surface area contributed by atoms with Gasteiger partial charge in [-0.25, -0.2) is 9.18 Å². The SMILES string of the molecule is CC(C)[C@@H](C(=O)N1C[C@H](O)C[C@H]1C(=O)N[C@@H](C)c1ccc(-c2ccnn2C)cc1)c1cc(OCC2(F)CCN(C(=O)OC(C)(C)C)CC2)no1. The Labute approximate surface area is 292 Å². The number of hydrogen-bond donors (Lipinski definition) is 2. The molecule has 0 radical (unpaired) electrons. The first-order valence-electron chi connectivity index (χ1n) is 17.2. The molecule has 2 saturated heterocycles. The number of aliphatic hydroxyl groups excluding tert-OH is 1. The van der Waals surface area contributed by atoms with Crippen LogP contribution in [0.2, 0.25) is 0 Å². The number of ether oxygens (including phenoxy) is 2. The van der Waals surface area contributed by atoms with Crippen LogP contribution >= 0.6 is 0 Å². The molecule has 2 aliphatic rings. The Bertz CT molecular complexity index is 1640. The molecule has 4 atom stereocenters. The number of carbonyl (C=O) groups is 3. The molecule has 13 nitrogen and oxygen atoms in total. The van der Waals surface area contributed by atoms with Crippen LogP contribution in [0.4, 0.5) is 9.18 Å². The molecule has 0 saturated carbocycles. The van der Waals surface area contributed by atoms with Gasteiger partial charge in [-0.15, -0.1) is 0 Å². The van der Waals surface area contributed by atoms with E-state index in [4.69, 9.17) is 14.0 Å². The second-order valence-corrected chi connectivity index (χ2v) is 14.8. The third-order valence-corrected chi connectivity index (χ3v) is 9.29. The molecule has 5 rings (SSSR count). The summed E-state index contributed by atoms with van der Waals surface area (Å²) in [6, 6.07) is 9.98. The van der Waals surface area contributed by atoms with Gasteiger partial charge in [0.05, 0.1) is 17.8 Å². The van der Waals surface area contributed by atoms with E-state index in [0.717, 1.165) is 16.8 Å². The molecule has 272 valence electrons. The van der Waals surface area contributed by atoms with Crippen LogP contribution in [-0.4, -0.2) is 97.4 Å². The predicted octanol–water partition coefficient (Wildman–Crippen LogP) is 4.77. The fraction of sp³-hybridized carbons (Fsp3) is 0.583. The maximum absolute atomic E-state index is 15.6. The lowest BCUT2D eigenvalue weighted by atomic mass is 9.91. The second kappa shape index (κ2) is 14.8. The number of aromatic nitrogens is 3. The van der Waals surface area contributed by atoms with E-state index in [1.165, 1.54) is 15.9 Å². The number of aryl methyl sites for hydroxylation is 1. The minimum absolute atomic E-state index is 0.00387. The number of halogens is 1. The van der Waals surface area contributed by atoms with Crippen molar-refractivity contribution in [1.29, 1.82) is 0 Å². The fourth-order valence-corrected chi connectivity index (χ4v) is 6.46. The standard InChI is InChI=1S/C36H49FN6O7/c1-22(2)31(29-19-30(40-50-29)48-21-36(37)13-16-42(17-14-36)34(47)49-35(4,5)6)33(46)43-20-26(44)18-28(43)32(45)39-23(3)24-8-10-25(11-9-24)27-12-15-38-41(27)7/h8-12,15,19,22-23,26,28,31,44H,13-14,16-18,20-21H2,1-7H3,(H,39,45)/t23-,26+,28-,31+/m0/s1. The van der Waals surface area contributed by atoms with E-state index >= 15 is 4.39 Å². The molecule has 3 amide bonds. The van der Waals surface area contributed by atoms with Gasteiger partial charge >= 0.3 is 6.09 Å². The molecule has 14 heteroatoms. The topological polar surface area (TPSA) is 152 Å². The smallest absolute Gasteiger partial charge is 0.410 e. The second-order valence-electron chi connectivity index (χ2n) is 14.8. The normalized spacial score (nSPS) is 20.4. The first kappa shape index (κ1) is 36.8. The van der Waals surface area contributed by atoms with Crippen molar-refractivity contribution in [1.82, 2.24) is 30.1 Å². The molecular formula is C36H49FN6O7. The maximum Gasteiger partial charge on any atom is 0.410 e. The molecule has 2 N–H and O–H groups in total. The number of carbonyl (C=O) groups excluding carboxylic acids is 3. The van der Waals surface area contributed by atoms with E-state index in [1.54, 1.807) is 31.6 Å². The van der Waals surface area contributed by atoms with Crippen LogP contribution in [0, 0.1) is 5.92 Å². The third kappa shape index (κ3) is 8.63. The van der Waals surface area contributed by atoms with Crippen LogP contribution in [0.1, 0.15) is 84.1 Å². The highest BCUT2D eigenvalue weighted by atomic mass is 19.1. The minimum Gasteiger partial charge on any atom is -0.472 e. The van der Waals surface area contributed by atoms with Crippen LogP contribution in [0.15, 0.2) is 47.1 Å². The van der Waals surface area contributed by atoms with E-state index in [9.17, 15) is 19.5 Å². The Morgan fingerprint density at radius 1 is 1.12 bits per heavy atom. The summed E-state index contributed by atoms with van der Waals surface area (Å²) in [6.45, 7) is 11.0. The first-order valence-corrected chi connectivity index (χ1v) is 17.2. The van der Waals surface area contributed by atoms with Gasteiger partial charge in [-0.1, -0.05) is 38.1 Å². The summed E-state index contributed by atoms with van der Waals surface area (Å²) in [6.07, 6.45) is 0.630. The molecule has 0 bridgehead atoms. The van der Waals surface area contributed by atoms with Gasteiger partial charge in [0.25, 0.3) is 5.88 Å². The van der Waals surface area contributed by atoms with Crippen LogP contribution < -0.4 is 10.1 Å². The molecule has 50 heavy (non-hydrogen) atoms. The van der Waals surface area contributed by atoms with Gasteiger partial charge in [-0.2, -0.15) is 5.10 Å². The zero-order valence-electron chi connectivity index (χ0n) is 29.9. The number of nitrogens with zero attached hydrogens (tertiary/aromatic N) is 5. The fourth-order valence-electron chi connectivity index (χ4n) is 6.46. The van der Waals surface area contributed by atoms with Gasteiger partial charge in [-0.3, -0.25) is 14.3 Å². The summed E-state index contributed by atoms with van der Waals surface area (Å²) >= 11 is 0. The van der Waals surface area contributed by atoms with Crippen molar-refractivity contribution in [2.45, 2.75) is 96.2 Å². The van der Waals surface area contributed by atoms with Crippen molar-refractivity contribution in [2.75, 3.05) is 26.2 Å².